The molecular weight excluding hydrogens is 476 g/mol. The van der Waals surface area contributed by atoms with Crippen molar-refractivity contribution in [2.24, 2.45) is 7.05 Å². The van der Waals surface area contributed by atoms with E-state index >= 15 is 0 Å². The van der Waals surface area contributed by atoms with Gasteiger partial charge in [-0.2, -0.15) is 0 Å². The Morgan fingerprint density at radius 2 is 1.19 bits per heavy atom. The van der Waals surface area contributed by atoms with Crippen LogP contribution < -0.4 is 32.1 Å². The van der Waals surface area contributed by atoms with Gasteiger partial charge in [0.25, 0.3) is 0 Å². The first-order valence-corrected chi connectivity index (χ1v) is 16.1. The van der Waals surface area contributed by atoms with Crippen LogP contribution in [0.4, 0.5) is 0 Å². The molecular formula is C18H34INSn. The largest absolute Gasteiger partial charge is 1.00 e. The second kappa shape index (κ2) is 12.1. The standard InChI is InChI=1S/C6H7N.3C4H9.HI.Sn/c1-7-5-3-2-4-6-7;3*1-3-4-2;;/h3-6H,1H3;3*1,3-4H2,2H3;1H;/q+1;;;;;/p-1. The molecule has 0 saturated heterocycles. The van der Waals surface area contributed by atoms with Gasteiger partial charge in [0.05, 0.1) is 0 Å². The fourth-order valence-electron chi connectivity index (χ4n) is 3.21. The quantitative estimate of drug-likeness (QED) is 0.256. The van der Waals surface area contributed by atoms with Gasteiger partial charge in [0.2, 0.25) is 0 Å². The Morgan fingerprint density at radius 3 is 1.52 bits per heavy atom. The van der Waals surface area contributed by atoms with E-state index in [2.05, 4.69) is 56.9 Å². The van der Waals surface area contributed by atoms with Crippen molar-refractivity contribution in [2.75, 3.05) is 0 Å². The number of aryl methyl sites for hydroxylation is 1. The average molecular weight is 510 g/mol. The summed E-state index contributed by atoms with van der Waals surface area (Å²) in [4.78, 5) is 0. The number of nitrogens with zero attached hydrogens (tertiary/aromatic N) is 1. The van der Waals surface area contributed by atoms with E-state index in [0.717, 1.165) is 0 Å². The van der Waals surface area contributed by atoms with E-state index in [1.807, 2.05) is 0 Å². The predicted octanol–water partition coefficient (Wildman–Crippen LogP) is 1.57. The molecule has 0 saturated carbocycles. The molecule has 0 aliphatic rings. The minimum atomic E-state index is -2.14. The number of hydrogen-bond donors (Lipinski definition) is 0. The number of rotatable bonds is 10. The van der Waals surface area contributed by atoms with Crippen molar-refractivity contribution in [1.29, 1.82) is 0 Å². The number of halogens is 1. The molecule has 0 fully saturated rings. The maximum atomic E-state index is 2.46. The van der Waals surface area contributed by atoms with Crippen LogP contribution in [0, 0.1) is 0 Å². The van der Waals surface area contributed by atoms with E-state index in [4.69, 9.17) is 0 Å². The van der Waals surface area contributed by atoms with Crippen LogP contribution in [0.3, 0.4) is 0 Å². The molecule has 0 N–H and O–H groups in total. The van der Waals surface area contributed by atoms with Crippen LogP contribution in [0.25, 0.3) is 0 Å². The first kappa shape index (κ1) is 21.7. The number of unbranched alkanes of at least 4 members (excludes halogenated alkanes) is 3. The van der Waals surface area contributed by atoms with Crippen LogP contribution in [0.15, 0.2) is 24.5 Å². The molecule has 0 spiro atoms. The smallest absolute Gasteiger partial charge is 1.00 e. The average Bonchev–Trinajstić information content (AvgIpc) is 2.48. The zero-order chi connectivity index (χ0) is 14.8. The summed E-state index contributed by atoms with van der Waals surface area (Å²) >= 11 is -2.14. The Balaban J connectivity index is 0.00000400. The van der Waals surface area contributed by atoms with Gasteiger partial charge in [-0.3, -0.25) is 0 Å². The minimum absolute atomic E-state index is 0. The molecule has 0 atom stereocenters. The van der Waals surface area contributed by atoms with Crippen LogP contribution in [0.5, 0.6) is 0 Å². The van der Waals surface area contributed by atoms with Crippen LogP contribution in [-0.4, -0.2) is 18.4 Å². The van der Waals surface area contributed by atoms with E-state index in [1.54, 1.807) is 16.9 Å². The molecule has 0 aliphatic carbocycles. The molecule has 0 radical (unpaired) electrons. The summed E-state index contributed by atoms with van der Waals surface area (Å²) in [6, 6.07) is 4.91. The minimum Gasteiger partial charge on any atom is -1.00 e. The van der Waals surface area contributed by atoms with Crippen LogP contribution in [0.2, 0.25) is 13.3 Å². The Morgan fingerprint density at radius 1 is 0.810 bits per heavy atom. The second-order valence-corrected chi connectivity index (χ2v) is 19.6. The van der Waals surface area contributed by atoms with Crippen molar-refractivity contribution >= 4 is 22.0 Å². The first-order valence-electron chi connectivity index (χ1n) is 8.64. The molecule has 1 aromatic rings. The Hall–Kier alpha value is 0.679. The zero-order valence-corrected chi connectivity index (χ0v) is 19.5. The molecule has 1 nitrogen and oxygen atoms in total. The van der Waals surface area contributed by atoms with Gasteiger partial charge in [0.1, 0.15) is 0 Å². The topological polar surface area (TPSA) is 3.88 Å². The third kappa shape index (κ3) is 7.19. The molecule has 1 heterocycles. The molecule has 3 heteroatoms. The monoisotopic (exact) mass is 511 g/mol. The summed E-state index contributed by atoms with van der Waals surface area (Å²) in [5.74, 6) is 0. The molecule has 1 rings (SSSR count). The molecule has 0 bridgehead atoms. The zero-order valence-electron chi connectivity index (χ0n) is 14.5. The molecule has 1 aromatic heterocycles. The van der Waals surface area contributed by atoms with E-state index in [-0.39, 0.29) is 24.0 Å². The molecule has 0 aromatic carbocycles. The van der Waals surface area contributed by atoms with Gasteiger partial charge in [-0.15, -0.1) is 0 Å². The third-order valence-electron chi connectivity index (χ3n) is 4.62. The van der Waals surface area contributed by atoms with Crippen molar-refractivity contribution in [2.45, 2.75) is 72.6 Å². The summed E-state index contributed by atoms with van der Waals surface area (Å²) in [5, 5.41) is 0. The number of hydrogen-bond acceptors (Lipinski definition) is 0. The fourth-order valence-corrected chi connectivity index (χ4v) is 19.1. The summed E-state index contributed by atoms with van der Waals surface area (Å²) in [5.41, 5.74) is 0. The SMILES string of the molecule is CCC[CH2][Sn]([CH2]CCC)([CH2]CCC)[c]1cc[n+](C)cc1.[I-]. The van der Waals surface area contributed by atoms with E-state index in [1.165, 1.54) is 38.5 Å². The maximum Gasteiger partial charge on any atom is -1.00 e. The Kier molecular flexibility index (Phi) is 12.5. The molecule has 21 heavy (non-hydrogen) atoms. The molecule has 0 unspecified atom stereocenters. The Labute approximate surface area is 153 Å². The van der Waals surface area contributed by atoms with Gasteiger partial charge in [-0.1, -0.05) is 0 Å². The van der Waals surface area contributed by atoms with Crippen molar-refractivity contribution in [1.82, 2.24) is 0 Å². The van der Waals surface area contributed by atoms with Crippen molar-refractivity contribution < 1.29 is 28.5 Å². The van der Waals surface area contributed by atoms with Crippen molar-refractivity contribution in [3.8, 4) is 0 Å². The fraction of sp³-hybridized carbons (Fsp3) is 0.722. The summed E-state index contributed by atoms with van der Waals surface area (Å²) in [6.45, 7) is 7.05. The molecule has 0 amide bonds. The normalized spacial score (nSPS) is 11.2. The number of aromatic nitrogens is 1. The summed E-state index contributed by atoms with van der Waals surface area (Å²) in [6.07, 6.45) is 13.0. The molecule has 122 valence electrons. The Bertz CT molecular complexity index is 342. The van der Waals surface area contributed by atoms with Gasteiger partial charge in [0.15, 0.2) is 0 Å². The van der Waals surface area contributed by atoms with Crippen molar-refractivity contribution in [3.05, 3.63) is 24.5 Å². The van der Waals surface area contributed by atoms with Gasteiger partial charge in [-0.05, 0) is 0 Å². The van der Waals surface area contributed by atoms with E-state index < -0.39 is 18.4 Å². The number of pyridine rings is 1. The predicted molar refractivity (Wildman–Crippen MR) is 92.2 cm³/mol. The van der Waals surface area contributed by atoms with Gasteiger partial charge in [0, 0.05) is 0 Å². The van der Waals surface area contributed by atoms with Gasteiger partial charge >= 0.3 is 131 Å². The van der Waals surface area contributed by atoms with E-state index in [9.17, 15) is 0 Å². The van der Waals surface area contributed by atoms with Crippen molar-refractivity contribution in [3.63, 3.8) is 0 Å². The second-order valence-electron chi connectivity index (χ2n) is 6.34. The van der Waals surface area contributed by atoms with Gasteiger partial charge in [-0.25, -0.2) is 0 Å². The van der Waals surface area contributed by atoms with Crippen LogP contribution >= 0.6 is 0 Å². The van der Waals surface area contributed by atoms with E-state index in [0.29, 0.717) is 0 Å². The summed E-state index contributed by atoms with van der Waals surface area (Å²) in [7, 11) is 2.13. The van der Waals surface area contributed by atoms with Gasteiger partial charge < -0.3 is 24.0 Å². The maximum absolute atomic E-state index is 2.46. The van der Waals surface area contributed by atoms with Crippen LogP contribution in [0.1, 0.15) is 59.3 Å². The van der Waals surface area contributed by atoms with Crippen LogP contribution in [-0.2, 0) is 7.05 Å². The molecule has 0 aliphatic heterocycles. The summed E-state index contributed by atoms with van der Waals surface area (Å²) < 4.78 is 8.67. The third-order valence-corrected chi connectivity index (χ3v) is 20.3. The first-order chi connectivity index (χ1) is 9.68.